The van der Waals surface area contributed by atoms with E-state index in [9.17, 15) is 0 Å². The van der Waals surface area contributed by atoms with Crippen LogP contribution in [0.2, 0.25) is 0 Å². The average Bonchev–Trinajstić information content (AvgIpc) is 2.68. The minimum Gasteiger partial charge on any atom is -0.381 e. The van der Waals surface area contributed by atoms with Gasteiger partial charge in [0.15, 0.2) is 0 Å². The molecule has 0 bridgehead atoms. The Morgan fingerprint density at radius 1 is 0.444 bits per heavy atom. The highest BCUT2D eigenvalue weighted by Gasteiger charge is 2.08. The quantitative estimate of drug-likeness (QED) is 0.164. The van der Waals surface area contributed by atoms with Gasteiger partial charge in [0.2, 0.25) is 0 Å². The monoisotopic (exact) mass is 384 g/mol. The fourth-order valence-electron chi connectivity index (χ4n) is 3.54. The molecule has 0 aromatic carbocycles. The first-order valence-corrected chi connectivity index (χ1v) is 12.5. The number of unbranched alkanes of at least 4 members (excludes halogenated alkanes) is 12. The summed E-state index contributed by atoms with van der Waals surface area (Å²) in [5.41, 5.74) is 0. The molecule has 0 N–H and O–H groups in total. The van der Waals surface area contributed by atoms with Crippen LogP contribution in [0.3, 0.4) is 0 Å². The van der Waals surface area contributed by atoms with Crippen molar-refractivity contribution in [3.05, 3.63) is 0 Å². The lowest BCUT2D eigenvalue weighted by molar-refractivity contribution is 0.0354. The van der Waals surface area contributed by atoms with Gasteiger partial charge in [0.1, 0.15) is 0 Å². The van der Waals surface area contributed by atoms with Gasteiger partial charge < -0.3 is 9.47 Å². The minimum atomic E-state index is 0.500. The fraction of sp³-hybridized carbons (Fsp3) is 1.00. The second kappa shape index (κ2) is 24.0. The third kappa shape index (κ3) is 22.1. The molecule has 0 fully saturated rings. The third-order valence-electron chi connectivity index (χ3n) is 5.44. The van der Waals surface area contributed by atoms with Crippen LogP contribution in [0.15, 0.2) is 0 Å². The van der Waals surface area contributed by atoms with Crippen LogP contribution in [0, 0.1) is 0 Å². The molecule has 2 nitrogen and oxygen atoms in total. The molecular formula is C25H52O2. The van der Waals surface area contributed by atoms with Gasteiger partial charge in [-0.2, -0.15) is 0 Å². The summed E-state index contributed by atoms with van der Waals surface area (Å²) in [6.45, 7) is 9.72. The smallest absolute Gasteiger partial charge is 0.0575 e. The van der Waals surface area contributed by atoms with E-state index in [0.717, 1.165) is 19.8 Å². The van der Waals surface area contributed by atoms with Crippen molar-refractivity contribution in [2.45, 2.75) is 142 Å². The fourth-order valence-corrected chi connectivity index (χ4v) is 3.54. The molecule has 1 atom stereocenters. The summed E-state index contributed by atoms with van der Waals surface area (Å²) >= 11 is 0. The molecule has 0 radical (unpaired) electrons. The van der Waals surface area contributed by atoms with E-state index >= 15 is 0 Å². The molecule has 0 aliphatic rings. The Hall–Kier alpha value is -0.0800. The largest absolute Gasteiger partial charge is 0.381 e. The van der Waals surface area contributed by atoms with Crippen molar-refractivity contribution in [3.63, 3.8) is 0 Å². The Kier molecular flexibility index (Phi) is 23.9. The normalized spacial score (nSPS) is 12.6. The van der Waals surface area contributed by atoms with Crippen molar-refractivity contribution in [2.24, 2.45) is 0 Å². The Morgan fingerprint density at radius 2 is 0.889 bits per heavy atom. The van der Waals surface area contributed by atoms with E-state index in [0.29, 0.717) is 6.10 Å². The highest BCUT2D eigenvalue weighted by atomic mass is 16.5. The number of hydrogen-bond acceptors (Lipinski definition) is 2. The summed E-state index contributed by atoms with van der Waals surface area (Å²) in [6, 6.07) is 0. The van der Waals surface area contributed by atoms with Gasteiger partial charge in [0.25, 0.3) is 0 Å². The Labute approximate surface area is 172 Å². The van der Waals surface area contributed by atoms with Gasteiger partial charge in [0.05, 0.1) is 6.10 Å². The van der Waals surface area contributed by atoms with Crippen LogP contribution in [-0.4, -0.2) is 25.9 Å². The first kappa shape index (κ1) is 26.9. The molecule has 0 saturated heterocycles. The molecule has 0 spiro atoms. The van der Waals surface area contributed by atoms with E-state index in [-0.39, 0.29) is 0 Å². The maximum atomic E-state index is 6.21. The van der Waals surface area contributed by atoms with Crippen LogP contribution >= 0.6 is 0 Å². The number of rotatable bonds is 23. The van der Waals surface area contributed by atoms with Gasteiger partial charge in [0, 0.05) is 19.8 Å². The van der Waals surface area contributed by atoms with Crippen LogP contribution in [0.4, 0.5) is 0 Å². The van der Waals surface area contributed by atoms with Crippen molar-refractivity contribution in [1.29, 1.82) is 0 Å². The zero-order valence-electron chi connectivity index (χ0n) is 19.2. The number of hydrogen-bond donors (Lipinski definition) is 0. The van der Waals surface area contributed by atoms with E-state index in [1.54, 1.807) is 0 Å². The van der Waals surface area contributed by atoms with Crippen LogP contribution in [-0.2, 0) is 9.47 Å². The Bertz CT molecular complexity index is 255. The van der Waals surface area contributed by atoms with Crippen LogP contribution in [0.5, 0.6) is 0 Å². The molecule has 27 heavy (non-hydrogen) atoms. The second-order valence-electron chi connectivity index (χ2n) is 8.28. The highest BCUT2D eigenvalue weighted by Crippen LogP contribution is 2.15. The highest BCUT2D eigenvalue weighted by molar-refractivity contribution is 4.59. The standard InChI is InChI=1S/C25H52O2/c1-4-7-10-12-14-19-24-27-25(20-9-6-3)21-16-15-18-23-26-22-17-13-11-8-5-2/h25H,4-24H2,1-3H3. The summed E-state index contributed by atoms with van der Waals surface area (Å²) in [6.07, 6.45) is 24.1. The molecule has 0 saturated carbocycles. The maximum absolute atomic E-state index is 6.21. The van der Waals surface area contributed by atoms with E-state index < -0.39 is 0 Å². The first-order valence-electron chi connectivity index (χ1n) is 12.5. The van der Waals surface area contributed by atoms with Crippen LogP contribution in [0.25, 0.3) is 0 Å². The maximum Gasteiger partial charge on any atom is 0.0575 e. The van der Waals surface area contributed by atoms with Crippen LogP contribution in [0.1, 0.15) is 136 Å². The molecule has 1 unspecified atom stereocenters. The van der Waals surface area contributed by atoms with Gasteiger partial charge in [-0.05, 0) is 32.1 Å². The molecule has 0 aromatic rings. The molecule has 0 aliphatic heterocycles. The number of ether oxygens (including phenoxy) is 2. The topological polar surface area (TPSA) is 18.5 Å². The molecule has 0 rings (SSSR count). The average molecular weight is 385 g/mol. The van der Waals surface area contributed by atoms with E-state index in [2.05, 4.69) is 20.8 Å². The first-order chi connectivity index (χ1) is 13.3. The molecular weight excluding hydrogens is 332 g/mol. The summed E-state index contributed by atoms with van der Waals surface area (Å²) in [5, 5.41) is 0. The lowest BCUT2D eigenvalue weighted by Crippen LogP contribution is -2.14. The Morgan fingerprint density at radius 3 is 1.48 bits per heavy atom. The summed E-state index contributed by atoms with van der Waals surface area (Å²) in [7, 11) is 0. The van der Waals surface area contributed by atoms with Crippen LogP contribution < -0.4 is 0 Å². The third-order valence-corrected chi connectivity index (χ3v) is 5.44. The predicted octanol–water partition coefficient (Wildman–Crippen LogP) is 8.47. The van der Waals surface area contributed by atoms with Crippen molar-refractivity contribution < 1.29 is 9.47 Å². The van der Waals surface area contributed by atoms with E-state index in [1.807, 2.05) is 0 Å². The minimum absolute atomic E-state index is 0.500. The van der Waals surface area contributed by atoms with Crippen molar-refractivity contribution in [2.75, 3.05) is 19.8 Å². The molecule has 164 valence electrons. The van der Waals surface area contributed by atoms with Gasteiger partial charge in [-0.1, -0.05) is 104 Å². The summed E-state index contributed by atoms with van der Waals surface area (Å²) in [5.74, 6) is 0. The zero-order valence-corrected chi connectivity index (χ0v) is 19.2. The van der Waals surface area contributed by atoms with Crippen molar-refractivity contribution >= 4 is 0 Å². The SMILES string of the molecule is CCCCCCCCOC(CCCC)CCCCCOCCCCCCC. The molecule has 0 aliphatic carbocycles. The zero-order chi connectivity index (χ0) is 19.8. The van der Waals surface area contributed by atoms with Crippen molar-refractivity contribution in [1.82, 2.24) is 0 Å². The van der Waals surface area contributed by atoms with E-state index in [4.69, 9.17) is 9.47 Å². The van der Waals surface area contributed by atoms with Gasteiger partial charge in [-0.25, -0.2) is 0 Å². The van der Waals surface area contributed by atoms with Gasteiger partial charge in [-0.3, -0.25) is 0 Å². The second-order valence-corrected chi connectivity index (χ2v) is 8.28. The van der Waals surface area contributed by atoms with Gasteiger partial charge in [-0.15, -0.1) is 0 Å². The van der Waals surface area contributed by atoms with Gasteiger partial charge >= 0.3 is 0 Å². The lowest BCUT2D eigenvalue weighted by Gasteiger charge is -2.18. The van der Waals surface area contributed by atoms with E-state index in [1.165, 1.54) is 116 Å². The molecule has 2 heteroatoms. The lowest BCUT2D eigenvalue weighted by atomic mass is 10.0. The molecule has 0 heterocycles. The molecule has 0 amide bonds. The Balaban J connectivity index is 3.50. The van der Waals surface area contributed by atoms with Crippen molar-refractivity contribution in [3.8, 4) is 0 Å². The molecule has 0 aromatic heterocycles. The predicted molar refractivity (Wildman–Crippen MR) is 121 cm³/mol. The summed E-state index contributed by atoms with van der Waals surface area (Å²) < 4.78 is 12.0. The summed E-state index contributed by atoms with van der Waals surface area (Å²) in [4.78, 5) is 0.